The lowest BCUT2D eigenvalue weighted by Crippen LogP contribution is -2.50. The van der Waals surface area contributed by atoms with Crippen LogP contribution in [0.1, 0.15) is 33.1 Å². The van der Waals surface area contributed by atoms with Crippen molar-refractivity contribution in [3.8, 4) is 5.82 Å². The minimum Gasteiger partial charge on any atom is -0.360 e. The molecule has 0 saturated carbocycles. The largest absolute Gasteiger partial charge is 0.360 e. The SMILES string of the molecule is Cc1cc(-n2c(C)cc(C(=O)CN(C)CC(=O)N3CCN(Cc4ccccc4)CC3)c2C)no1. The van der Waals surface area contributed by atoms with E-state index in [0.29, 0.717) is 24.5 Å². The number of amides is 1. The Morgan fingerprint density at radius 3 is 2.35 bits per heavy atom. The number of hydrogen-bond donors (Lipinski definition) is 0. The average molecular weight is 464 g/mol. The molecule has 2 aromatic heterocycles. The highest BCUT2D eigenvalue weighted by Gasteiger charge is 2.24. The van der Waals surface area contributed by atoms with Crippen LogP contribution in [0.5, 0.6) is 0 Å². The zero-order valence-corrected chi connectivity index (χ0v) is 20.5. The summed E-state index contributed by atoms with van der Waals surface area (Å²) in [6.07, 6.45) is 0. The maximum Gasteiger partial charge on any atom is 0.236 e. The lowest BCUT2D eigenvalue weighted by Gasteiger charge is -2.35. The van der Waals surface area contributed by atoms with Crippen LogP contribution in [-0.2, 0) is 11.3 Å². The summed E-state index contributed by atoms with van der Waals surface area (Å²) in [4.78, 5) is 31.9. The first-order valence-corrected chi connectivity index (χ1v) is 11.7. The first-order valence-electron chi connectivity index (χ1n) is 11.7. The number of likely N-dealkylation sites (N-methyl/N-ethyl adjacent to an activating group) is 1. The molecule has 0 N–H and O–H groups in total. The van der Waals surface area contributed by atoms with E-state index in [2.05, 4.69) is 34.3 Å². The topological polar surface area (TPSA) is 74.8 Å². The summed E-state index contributed by atoms with van der Waals surface area (Å²) in [5.74, 6) is 1.44. The van der Waals surface area contributed by atoms with Gasteiger partial charge in [-0.2, -0.15) is 0 Å². The Balaban J connectivity index is 1.29. The Bertz CT molecular complexity index is 1140. The molecule has 0 spiro atoms. The van der Waals surface area contributed by atoms with Crippen LogP contribution >= 0.6 is 0 Å². The second kappa shape index (κ2) is 10.4. The summed E-state index contributed by atoms with van der Waals surface area (Å²) >= 11 is 0. The van der Waals surface area contributed by atoms with Gasteiger partial charge in [-0.15, -0.1) is 0 Å². The van der Waals surface area contributed by atoms with E-state index in [4.69, 9.17) is 4.52 Å². The first-order chi connectivity index (χ1) is 16.3. The van der Waals surface area contributed by atoms with Crippen LogP contribution in [-0.4, -0.2) is 82.4 Å². The van der Waals surface area contributed by atoms with Gasteiger partial charge in [0.25, 0.3) is 0 Å². The van der Waals surface area contributed by atoms with Crippen molar-refractivity contribution in [2.75, 3.05) is 46.3 Å². The first kappa shape index (κ1) is 23.9. The molecule has 1 aliphatic rings. The standard InChI is InChI=1S/C26H33N5O3/c1-19-14-23(21(3)31(19)25-15-20(2)34-27-25)24(32)17-28(4)18-26(33)30-12-10-29(11-13-30)16-22-8-6-5-7-9-22/h5-9,14-15H,10-13,16-18H2,1-4H3. The van der Waals surface area contributed by atoms with Crippen molar-refractivity contribution in [3.63, 3.8) is 0 Å². The molecule has 0 radical (unpaired) electrons. The predicted octanol–water partition coefficient (Wildman–Crippen LogP) is 2.85. The third-order valence-electron chi connectivity index (χ3n) is 6.37. The van der Waals surface area contributed by atoms with Gasteiger partial charge < -0.3 is 9.42 Å². The normalized spacial score (nSPS) is 14.7. The van der Waals surface area contributed by atoms with Gasteiger partial charge in [-0.1, -0.05) is 35.5 Å². The highest BCUT2D eigenvalue weighted by Crippen LogP contribution is 2.21. The van der Waals surface area contributed by atoms with Crippen molar-refractivity contribution in [2.45, 2.75) is 27.3 Å². The molecule has 1 saturated heterocycles. The number of benzene rings is 1. The zero-order valence-electron chi connectivity index (χ0n) is 20.5. The summed E-state index contributed by atoms with van der Waals surface area (Å²) in [7, 11) is 1.82. The van der Waals surface area contributed by atoms with Gasteiger partial charge in [0.1, 0.15) is 5.76 Å². The quantitative estimate of drug-likeness (QED) is 0.478. The van der Waals surface area contributed by atoms with E-state index < -0.39 is 0 Å². The molecule has 1 aromatic carbocycles. The molecule has 0 bridgehead atoms. The molecular formula is C26H33N5O3. The number of rotatable bonds is 8. The van der Waals surface area contributed by atoms with E-state index in [1.165, 1.54) is 5.56 Å². The van der Waals surface area contributed by atoms with Crippen molar-refractivity contribution < 1.29 is 14.1 Å². The molecular weight excluding hydrogens is 430 g/mol. The van der Waals surface area contributed by atoms with E-state index in [9.17, 15) is 9.59 Å². The molecule has 0 aliphatic carbocycles. The second-order valence-corrected chi connectivity index (χ2v) is 9.15. The van der Waals surface area contributed by atoms with Crippen LogP contribution in [0.4, 0.5) is 0 Å². The van der Waals surface area contributed by atoms with E-state index >= 15 is 0 Å². The summed E-state index contributed by atoms with van der Waals surface area (Å²) in [6, 6.07) is 14.1. The van der Waals surface area contributed by atoms with E-state index in [-0.39, 0.29) is 24.8 Å². The van der Waals surface area contributed by atoms with Crippen molar-refractivity contribution in [2.24, 2.45) is 0 Å². The molecule has 180 valence electrons. The molecule has 8 heteroatoms. The smallest absolute Gasteiger partial charge is 0.236 e. The Kier molecular flexibility index (Phi) is 7.29. The predicted molar refractivity (Wildman–Crippen MR) is 130 cm³/mol. The van der Waals surface area contributed by atoms with Crippen LogP contribution in [0.25, 0.3) is 5.82 Å². The average Bonchev–Trinajstić information content (AvgIpc) is 3.36. The number of aryl methyl sites for hydroxylation is 2. The van der Waals surface area contributed by atoms with Crippen LogP contribution in [0.15, 0.2) is 47.0 Å². The summed E-state index contributed by atoms with van der Waals surface area (Å²) in [6.45, 7) is 10.1. The molecule has 8 nitrogen and oxygen atoms in total. The monoisotopic (exact) mass is 463 g/mol. The van der Waals surface area contributed by atoms with E-state index in [1.54, 1.807) is 4.90 Å². The Morgan fingerprint density at radius 1 is 1.00 bits per heavy atom. The molecule has 3 heterocycles. The summed E-state index contributed by atoms with van der Waals surface area (Å²) < 4.78 is 7.11. The molecule has 1 aliphatic heterocycles. The lowest BCUT2D eigenvalue weighted by molar-refractivity contribution is -0.133. The van der Waals surface area contributed by atoms with Crippen molar-refractivity contribution in [3.05, 3.63) is 70.7 Å². The zero-order chi connectivity index (χ0) is 24.2. The maximum atomic E-state index is 13.0. The maximum absolute atomic E-state index is 13.0. The molecule has 1 amide bonds. The number of Topliss-reactive ketones (excluding diaryl/α,β-unsaturated/α-hetero) is 1. The van der Waals surface area contributed by atoms with Gasteiger partial charge in [0.05, 0.1) is 13.1 Å². The van der Waals surface area contributed by atoms with Crippen LogP contribution in [0.3, 0.4) is 0 Å². The van der Waals surface area contributed by atoms with Crippen molar-refractivity contribution in [1.82, 2.24) is 24.4 Å². The highest BCUT2D eigenvalue weighted by atomic mass is 16.5. The van der Waals surface area contributed by atoms with Crippen LogP contribution in [0.2, 0.25) is 0 Å². The van der Waals surface area contributed by atoms with E-state index in [1.807, 2.05) is 55.5 Å². The van der Waals surface area contributed by atoms with Gasteiger partial charge in [-0.05, 0) is 39.4 Å². The van der Waals surface area contributed by atoms with Crippen molar-refractivity contribution in [1.29, 1.82) is 0 Å². The Labute approximate surface area is 200 Å². The number of ketones is 1. The van der Waals surface area contributed by atoms with Crippen LogP contribution < -0.4 is 0 Å². The number of nitrogens with zero attached hydrogens (tertiary/aromatic N) is 5. The van der Waals surface area contributed by atoms with Gasteiger partial charge in [0.2, 0.25) is 5.91 Å². The summed E-state index contributed by atoms with van der Waals surface area (Å²) in [5, 5.41) is 4.07. The summed E-state index contributed by atoms with van der Waals surface area (Å²) in [5.41, 5.74) is 3.68. The van der Waals surface area contributed by atoms with Gasteiger partial charge in [0.15, 0.2) is 11.6 Å². The fourth-order valence-corrected chi connectivity index (χ4v) is 4.57. The van der Waals surface area contributed by atoms with Crippen molar-refractivity contribution >= 4 is 11.7 Å². The minimum absolute atomic E-state index is 0.0115. The fraction of sp³-hybridized carbons (Fsp3) is 0.423. The van der Waals surface area contributed by atoms with Gasteiger partial charge in [-0.3, -0.25) is 24.0 Å². The number of carbonyl (C=O) groups is 2. The van der Waals surface area contributed by atoms with Gasteiger partial charge in [-0.25, -0.2) is 0 Å². The lowest BCUT2D eigenvalue weighted by atomic mass is 10.1. The minimum atomic E-state index is -0.0115. The number of carbonyl (C=O) groups excluding carboxylic acids is 2. The second-order valence-electron chi connectivity index (χ2n) is 9.15. The number of hydrogen-bond acceptors (Lipinski definition) is 6. The van der Waals surface area contributed by atoms with Crippen LogP contribution in [0, 0.1) is 20.8 Å². The Morgan fingerprint density at radius 2 is 1.71 bits per heavy atom. The molecule has 34 heavy (non-hydrogen) atoms. The highest BCUT2D eigenvalue weighted by molar-refractivity contribution is 5.99. The Hall–Kier alpha value is -3.23. The molecule has 0 unspecified atom stereocenters. The molecule has 3 aromatic rings. The molecule has 1 fully saturated rings. The molecule has 4 rings (SSSR count). The van der Waals surface area contributed by atoms with E-state index in [0.717, 1.165) is 36.8 Å². The third-order valence-corrected chi connectivity index (χ3v) is 6.37. The number of aromatic nitrogens is 2. The van der Waals surface area contributed by atoms with Gasteiger partial charge >= 0.3 is 0 Å². The number of piperazine rings is 1. The fourth-order valence-electron chi connectivity index (χ4n) is 4.57. The van der Waals surface area contributed by atoms with Gasteiger partial charge in [0, 0.05) is 55.7 Å². The molecule has 0 atom stereocenters. The third kappa shape index (κ3) is 5.46.